The van der Waals surface area contributed by atoms with Gasteiger partial charge >= 0.3 is 6.09 Å². The molecule has 1 spiro atoms. The number of ether oxygens (including phenoxy) is 1. The Morgan fingerprint density at radius 3 is 2.84 bits per heavy atom. The van der Waals surface area contributed by atoms with Crippen molar-refractivity contribution < 1.29 is 14.6 Å². The number of nitrogens with zero attached hydrogens (tertiary/aromatic N) is 3. The van der Waals surface area contributed by atoms with E-state index < -0.39 is 5.60 Å². The predicted molar refractivity (Wildman–Crippen MR) is 67.6 cm³/mol. The standard InChI is InChI=1S/C13H17N3O3/c17-8-10-1-3-13(4-2-10)9-16(12(18)19-13)11-7-14-5-6-15-11/h5-7,10,17H,1-4,8-9H2. The largest absolute Gasteiger partial charge is 0.441 e. The molecular formula is C13H17N3O3. The highest BCUT2D eigenvalue weighted by Gasteiger charge is 2.47. The molecule has 0 atom stereocenters. The van der Waals surface area contributed by atoms with Crippen molar-refractivity contribution in [2.75, 3.05) is 18.1 Å². The lowest BCUT2D eigenvalue weighted by Gasteiger charge is -2.34. The smallest absolute Gasteiger partial charge is 0.416 e. The maximum Gasteiger partial charge on any atom is 0.416 e. The van der Waals surface area contributed by atoms with Crippen molar-refractivity contribution in [3.63, 3.8) is 0 Å². The Hall–Kier alpha value is -1.69. The van der Waals surface area contributed by atoms with Crippen molar-refractivity contribution in [2.24, 2.45) is 5.92 Å². The summed E-state index contributed by atoms with van der Waals surface area (Å²) in [5.41, 5.74) is -0.403. The zero-order chi connectivity index (χ0) is 13.3. The van der Waals surface area contributed by atoms with E-state index in [0.717, 1.165) is 25.7 Å². The van der Waals surface area contributed by atoms with Gasteiger partial charge in [-0.25, -0.2) is 9.78 Å². The molecule has 1 saturated heterocycles. The Bertz CT molecular complexity index is 457. The van der Waals surface area contributed by atoms with Crippen LogP contribution in [-0.2, 0) is 4.74 Å². The van der Waals surface area contributed by atoms with Crippen LogP contribution in [0.15, 0.2) is 18.6 Å². The topological polar surface area (TPSA) is 75.6 Å². The molecule has 0 radical (unpaired) electrons. The molecule has 1 saturated carbocycles. The maximum atomic E-state index is 12.0. The van der Waals surface area contributed by atoms with E-state index in [1.54, 1.807) is 23.5 Å². The van der Waals surface area contributed by atoms with Crippen LogP contribution in [0, 0.1) is 5.92 Å². The van der Waals surface area contributed by atoms with Crippen molar-refractivity contribution in [3.05, 3.63) is 18.6 Å². The first-order chi connectivity index (χ1) is 9.22. The third-order valence-electron chi connectivity index (χ3n) is 4.07. The summed E-state index contributed by atoms with van der Waals surface area (Å²) in [7, 11) is 0. The number of hydrogen-bond acceptors (Lipinski definition) is 5. The molecule has 6 nitrogen and oxygen atoms in total. The van der Waals surface area contributed by atoms with Crippen LogP contribution >= 0.6 is 0 Å². The van der Waals surface area contributed by atoms with Gasteiger partial charge in [0.1, 0.15) is 5.60 Å². The van der Waals surface area contributed by atoms with Gasteiger partial charge in [0.25, 0.3) is 0 Å². The monoisotopic (exact) mass is 263 g/mol. The third kappa shape index (κ3) is 2.28. The highest BCUT2D eigenvalue weighted by atomic mass is 16.6. The molecule has 0 aromatic carbocycles. The van der Waals surface area contributed by atoms with Crippen molar-refractivity contribution >= 4 is 11.9 Å². The molecule has 102 valence electrons. The fourth-order valence-corrected chi connectivity index (χ4v) is 2.88. The molecular weight excluding hydrogens is 246 g/mol. The van der Waals surface area contributed by atoms with E-state index in [9.17, 15) is 4.79 Å². The van der Waals surface area contributed by atoms with Gasteiger partial charge < -0.3 is 9.84 Å². The molecule has 2 fully saturated rings. The zero-order valence-electron chi connectivity index (χ0n) is 10.7. The molecule has 1 amide bonds. The molecule has 19 heavy (non-hydrogen) atoms. The van der Waals surface area contributed by atoms with Gasteiger partial charge in [-0.05, 0) is 31.6 Å². The van der Waals surface area contributed by atoms with Gasteiger partial charge in [0, 0.05) is 19.0 Å². The van der Waals surface area contributed by atoms with E-state index in [1.807, 2.05) is 0 Å². The minimum Gasteiger partial charge on any atom is -0.441 e. The van der Waals surface area contributed by atoms with E-state index >= 15 is 0 Å². The fourth-order valence-electron chi connectivity index (χ4n) is 2.88. The highest BCUT2D eigenvalue weighted by Crippen LogP contribution is 2.40. The normalized spacial score (nSPS) is 30.7. The van der Waals surface area contributed by atoms with Crippen LogP contribution in [0.5, 0.6) is 0 Å². The van der Waals surface area contributed by atoms with E-state index in [2.05, 4.69) is 9.97 Å². The quantitative estimate of drug-likeness (QED) is 0.871. The number of carbonyl (C=O) groups excluding carboxylic acids is 1. The first-order valence-corrected chi connectivity index (χ1v) is 6.60. The molecule has 1 aliphatic carbocycles. The minimum absolute atomic E-state index is 0.220. The summed E-state index contributed by atoms with van der Waals surface area (Å²) in [6, 6.07) is 0. The first-order valence-electron chi connectivity index (χ1n) is 6.60. The molecule has 6 heteroatoms. The molecule has 1 aliphatic heterocycles. The molecule has 3 rings (SSSR count). The number of aliphatic hydroxyl groups excluding tert-OH is 1. The Labute approximate surface area is 111 Å². The highest BCUT2D eigenvalue weighted by molar-refractivity contribution is 5.88. The van der Waals surface area contributed by atoms with Crippen LogP contribution < -0.4 is 4.90 Å². The van der Waals surface area contributed by atoms with E-state index in [1.165, 1.54) is 0 Å². The lowest BCUT2D eigenvalue weighted by atomic mass is 9.79. The molecule has 0 unspecified atom stereocenters. The van der Waals surface area contributed by atoms with Gasteiger partial charge in [-0.2, -0.15) is 0 Å². The third-order valence-corrected chi connectivity index (χ3v) is 4.07. The number of aromatic nitrogens is 2. The van der Waals surface area contributed by atoms with E-state index in [0.29, 0.717) is 18.3 Å². The second-order valence-electron chi connectivity index (χ2n) is 5.33. The average molecular weight is 263 g/mol. The summed E-state index contributed by atoms with van der Waals surface area (Å²) in [6.07, 6.45) is 7.78. The average Bonchev–Trinajstić information content (AvgIpc) is 2.77. The summed E-state index contributed by atoms with van der Waals surface area (Å²) >= 11 is 0. The molecule has 2 heterocycles. The number of rotatable bonds is 2. The lowest BCUT2D eigenvalue weighted by Crippen LogP contribution is -2.39. The Balaban J connectivity index is 1.74. The second kappa shape index (κ2) is 4.77. The van der Waals surface area contributed by atoms with Crippen molar-refractivity contribution in [3.8, 4) is 0 Å². The summed E-state index contributed by atoms with van der Waals surface area (Å²) in [6.45, 7) is 0.751. The number of hydrogen-bond donors (Lipinski definition) is 1. The summed E-state index contributed by atoms with van der Waals surface area (Å²) in [5, 5.41) is 9.17. The Morgan fingerprint density at radius 2 is 2.21 bits per heavy atom. The number of anilines is 1. The predicted octanol–water partition coefficient (Wildman–Crippen LogP) is 1.35. The lowest BCUT2D eigenvalue weighted by molar-refractivity contribution is 0.00557. The van der Waals surface area contributed by atoms with Crippen LogP contribution in [0.3, 0.4) is 0 Å². The van der Waals surface area contributed by atoms with E-state index in [-0.39, 0.29) is 12.7 Å². The number of carbonyl (C=O) groups is 1. The van der Waals surface area contributed by atoms with Crippen LogP contribution in [0.25, 0.3) is 0 Å². The van der Waals surface area contributed by atoms with Crippen molar-refractivity contribution in [1.82, 2.24) is 9.97 Å². The van der Waals surface area contributed by atoms with Crippen molar-refractivity contribution in [1.29, 1.82) is 0 Å². The summed E-state index contributed by atoms with van der Waals surface area (Å²) < 4.78 is 5.59. The number of aliphatic hydroxyl groups is 1. The molecule has 2 aliphatic rings. The first kappa shape index (κ1) is 12.3. The summed E-state index contributed by atoms with van der Waals surface area (Å²) in [5.74, 6) is 0.878. The van der Waals surface area contributed by atoms with Crippen LogP contribution in [0.1, 0.15) is 25.7 Å². The second-order valence-corrected chi connectivity index (χ2v) is 5.33. The van der Waals surface area contributed by atoms with Gasteiger partial charge in [0.05, 0.1) is 12.7 Å². The Kier molecular flexibility index (Phi) is 3.10. The fraction of sp³-hybridized carbons (Fsp3) is 0.615. The van der Waals surface area contributed by atoms with Crippen molar-refractivity contribution in [2.45, 2.75) is 31.3 Å². The summed E-state index contributed by atoms with van der Waals surface area (Å²) in [4.78, 5) is 21.7. The Morgan fingerprint density at radius 1 is 1.42 bits per heavy atom. The van der Waals surface area contributed by atoms with Gasteiger partial charge in [0.2, 0.25) is 0 Å². The molecule has 1 aromatic heterocycles. The SMILES string of the molecule is O=C1OC2(CCC(CO)CC2)CN1c1cnccn1. The van der Waals surface area contributed by atoms with Crippen LogP contribution in [0.2, 0.25) is 0 Å². The van der Waals surface area contributed by atoms with E-state index in [4.69, 9.17) is 9.84 Å². The molecule has 1 aromatic rings. The number of amides is 1. The van der Waals surface area contributed by atoms with Gasteiger partial charge in [-0.1, -0.05) is 0 Å². The zero-order valence-corrected chi connectivity index (χ0v) is 10.7. The van der Waals surface area contributed by atoms with Gasteiger partial charge in [0.15, 0.2) is 5.82 Å². The minimum atomic E-state index is -0.403. The van der Waals surface area contributed by atoms with Gasteiger partial charge in [-0.3, -0.25) is 9.88 Å². The van der Waals surface area contributed by atoms with Crippen LogP contribution in [0.4, 0.5) is 10.6 Å². The molecule has 0 bridgehead atoms. The van der Waals surface area contributed by atoms with Gasteiger partial charge in [-0.15, -0.1) is 0 Å². The van der Waals surface area contributed by atoms with Crippen LogP contribution in [-0.4, -0.2) is 39.9 Å². The molecule has 1 N–H and O–H groups in total. The maximum absolute atomic E-state index is 12.0.